The molecular formula is C25H33NO4. The van der Waals surface area contributed by atoms with E-state index >= 15 is 0 Å². The van der Waals surface area contributed by atoms with E-state index in [1.54, 1.807) is 14.2 Å². The maximum Gasteiger partial charge on any atom is 0.261 e. The fourth-order valence-electron chi connectivity index (χ4n) is 4.02. The van der Waals surface area contributed by atoms with Gasteiger partial charge in [-0.2, -0.15) is 0 Å². The van der Waals surface area contributed by atoms with Crippen molar-refractivity contribution in [2.75, 3.05) is 14.2 Å². The number of hydrogen-bond acceptors (Lipinski definition) is 4. The Labute approximate surface area is 179 Å². The minimum atomic E-state index is -0.527. The third-order valence-corrected chi connectivity index (χ3v) is 5.80. The van der Waals surface area contributed by atoms with Crippen molar-refractivity contribution < 1.29 is 19.0 Å². The van der Waals surface area contributed by atoms with E-state index < -0.39 is 6.10 Å². The molecule has 2 atom stereocenters. The lowest BCUT2D eigenvalue weighted by Gasteiger charge is -2.24. The van der Waals surface area contributed by atoms with Crippen LogP contribution in [0.25, 0.3) is 0 Å². The van der Waals surface area contributed by atoms with E-state index in [1.807, 2.05) is 38.1 Å². The van der Waals surface area contributed by atoms with Crippen molar-refractivity contribution in [1.29, 1.82) is 0 Å². The van der Waals surface area contributed by atoms with Crippen molar-refractivity contribution in [3.05, 3.63) is 53.1 Å². The summed E-state index contributed by atoms with van der Waals surface area (Å²) >= 11 is 0. The molecule has 2 aromatic rings. The van der Waals surface area contributed by atoms with Gasteiger partial charge in [-0.05, 0) is 79.5 Å². The van der Waals surface area contributed by atoms with E-state index in [2.05, 4.69) is 17.4 Å². The van der Waals surface area contributed by atoms with Crippen LogP contribution in [0.15, 0.2) is 36.4 Å². The first-order valence-electron chi connectivity index (χ1n) is 10.9. The van der Waals surface area contributed by atoms with Crippen molar-refractivity contribution in [3.63, 3.8) is 0 Å². The number of rotatable bonds is 9. The van der Waals surface area contributed by atoms with E-state index in [9.17, 15) is 4.79 Å². The van der Waals surface area contributed by atoms with Crippen molar-refractivity contribution in [2.24, 2.45) is 0 Å². The number of amides is 1. The molecule has 0 heterocycles. The molecule has 30 heavy (non-hydrogen) atoms. The molecule has 0 bridgehead atoms. The standard InChI is InChI=1S/C25H33NO4/c1-5-21(19-12-14-23(28-3)24(16-19)29-4)26-25(27)22(6-2)30-20-13-11-17-9-7-8-10-18(17)15-20/h11-16,21-22H,5-10H2,1-4H3,(H,26,27)/t21-,22+/m1/s1. The number of carbonyl (C=O) groups excluding carboxylic acids is 1. The maximum absolute atomic E-state index is 13.0. The van der Waals surface area contributed by atoms with Gasteiger partial charge < -0.3 is 19.5 Å². The number of benzene rings is 2. The molecule has 3 rings (SSSR count). The third-order valence-electron chi connectivity index (χ3n) is 5.80. The Balaban J connectivity index is 1.70. The molecule has 0 aliphatic heterocycles. The molecule has 5 heteroatoms. The van der Waals surface area contributed by atoms with Gasteiger partial charge in [0, 0.05) is 0 Å². The highest BCUT2D eigenvalue weighted by Gasteiger charge is 2.23. The third kappa shape index (κ3) is 5.07. The van der Waals surface area contributed by atoms with Crippen molar-refractivity contribution in [1.82, 2.24) is 5.32 Å². The zero-order valence-corrected chi connectivity index (χ0v) is 18.5. The van der Waals surface area contributed by atoms with Crippen molar-refractivity contribution in [3.8, 4) is 17.2 Å². The van der Waals surface area contributed by atoms with Crippen LogP contribution in [-0.4, -0.2) is 26.2 Å². The van der Waals surface area contributed by atoms with Gasteiger partial charge in [0.15, 0.2) is 17.6 Å². The molecule has 1 amide bonds. The Morgan fingerprint density at radius 3 is 2.33 bits per heavy atom. The van der Waals surface area contributed by atoms with E-state index in [4.69, 9.17) is 14.2 Å². The lowest BCUT2D eigenvalue weighted by Crippen LogP contribution is -2.40. The molecule has 0 fully saturated rings. The summed E-state index contributed by atoms with van der Waals surface area (Å²) in [7, 11) is 3.22. The molecule has 162 valence electrons. The molecule has 2 aromatic carbocycles. The summed E-state index contributed by atoms with van der Waals surface area (Å²) in [5.41, 5.74) is 3.74. The second kappa shape index (κ2) is 10.4. The summed E-state index contributed by atoms with van der Waals surface area (Å²) in [6, 6.07) is 11.9. The second-order valence-electron chi connectivity index (χ2n) is 7.74. The second-order valence-corrected chi connectivity index (χ2v) is 7.74. The molecule has 1 aliphatic carbocycles. The van der Waals surface area contributed by atoms with Gasteiger partial charge in [-0.1, -0.05) is 26.0 Å². The Kier molecular flexibility index (Phi) is 7.61. The molecule has 0 aromatic heterocycles. The van der Waals surface area contributed by atoms with Gasteiger partial charge in [-0.3, -0.25) is 4.79 Å². The fraction of sp³-hybridized carbons (Fsp3) is 0.480. The predicted molar refractivity (Wildman–Crippen MR) is 119 cm³/mol. The van der Waals surface area contributed by atoms with Crippen LogP contribution in [0.5, 0.6) is 17.2 Å². The van der Waals surface area contributed by atoms with E-state index in [-0.39, 0.29) is 11.9 Å². The number of carbonyl (C=O) groups is 1. The van der Waals surface area contributed by atoms with Gasteiger partial charge in [0.1, 0.15) is 5.75 Å². The maximum atomic E-state index is 13.0. The molecule has 1 N–H and O–H groups in total. The Morgan fingerprint density at radius 1 is 0.933 bits per heavy atom. The molecule has 0 unspecified atom stereocenters. The van der Waals surface area contributed by atoms with Crippen LogP contribution >= 0.6 is 0 Å². The average molecular weight is 412 g/mol. The number of hydrogen-bond donors (Lipinski definition) is 1. The molecular weight excluding hydrogens is 378 g/mol. The molecule has 0 saturated heterocycles. The van der Waals surface area contributed by atoms with Crippen LogP contribution in [0.1, 0.15) is 62.3 Å². The summed E-state index contributed by atoms with van der Waals surface area (Å²) in [5.74, 6) is 2.00. The van der Waals surface area contributed by atoms with Crippen LogP contribution in [-0.2, 0) is 17.6 Å². The largest absolute Gasteiger partial charge is 0.493 e. The van der Waals surface area contributed by atoms with E-state index in [0.717, 1.165) is 30.6 Å². The van der Waals surface area contributed by atoms with Crippen molar-refractivity contribution in [2.45, 2.75) is 64.5 Å². The molecule has 0 saturated carbocycles. The van der Waals surface area contributed by atoms with Crippen LogP contribution in [0, 0.1) is 0 Å². The van der Waals surface area contributed by atoms with Gasteiger partial charge >= 0.3 is 0 Å². The van der Waals surface area contributed by atoms with Crippen LogP contribution in [0.4, 0.5) is 0 Å². The summed E-state index contributed by atoms with van der Waals surface area (Å²) < 4.78 is 16.8. The van der Waals surface area contributed by atoms with E-state index in [1.165, 1.54) is 24.0 Å². The topological polar surface area (TPSA) is 56.8 Å². The highest BCUT2D eigenvalue weighted by atomic mass is 16.5. The highest BCUT2D eigenvalue weighted by Crippen LogP contribution is 2.31. The number of nitrogens with one attached hydrogen (secondary N) is 1. The van der Waals surface area contributed by atoms with Crippen LogP contribution in [0.3, 0.4) is 0 Å². The first-order valence-corrected chi connectivity index (χ1v) is 10.9. The lowest BCUT2D eigenvalue weighted by atomic mass is 9.92. The molecule has 5 nitrogen and oxygen atoms in total. The van der Waals surface area contributed by atoms with Gasteiger partial charge in [0.2, 0.25) is 0 Å². The first-order chi connectivity index (χ1) is 14.6. The number of fused-ring (bicyclic) bond motifs is 1. The number of ether oxygens (including phenoxy) is 3. The minimum absolute atomic E-state index is 0.100. The normalized spacial score (nSPS) is 14.9. The monoisotopic (exact) mass is 411 g/mol. The summed E-state index contributed by atoms with van der Waals surface area (Å²) in [6.45, 7) is 4.02. The van der Waals surface area contributed by atoms with Gasteiger partial charge in [-0.25, -0.2) is 0 Å². The highest BCUT2D eigenvalue weighted by molar-refractivity contribution is 5.81. The van der Waals surface area contributed by atoms with Gasteiger partial charge in [-0.15, -0.1) is 0 Å². The van der Waals surface area contributed by atoms with E-state index in [0.29, 0.717) is 17.9 Å². The summed E-state index contributed by atoms with van der Waals surface area (Å²) in [5, 5.41) is 3.15. The Morgan fingerprint density at radius 2 is 1.67 bits per heavy atom. The SMILES string of the molecule is CC[C@H](Oc1ccc2c(c1)CCCC2)C(=O)N[C@H](CC)c1ccc(OC)c(OC)c1. The van der Waals surface area contributed by atoms with Crippen LogP contribution < -0.4 is 19.5 Å². The predicted octanol–water partition coefficient (Wildman–Crippen LogP) is 5.01. The van der Waals surface area contributed by atoms with Crippen molar-refractivity contribution >= 4 is 5.91 Å². The first kappa shape index (κ1) is 22.0. The zero-order chi connectivity index (χ0) is 21.5. The zero-order valence-electron chi connectivity index (χ0n) is 18.5. The molecule has 0 spiro atoms. The Bertz CT molecular complexity index is 864. The quantitative estimate of drug-likeness (QED) is 0.630. The van der Waals surface area contributed by atoms with Crippen LogP contribution in [0.2, 0.25) is 0 Å². The number of aryl methyl sites for hydroxylation is 2. The molecule has 0 radical (unpaired) electrons. The fourth-order valence-corrected chi connectivity index (χ4v) is 4.02. The lowest BCUT2D eigenvalue weighted by molar-refractivity contribution is -0.128. The Hall–Kier alpha value is -2.69. The van der Waals surface area contributed by atoms with Gasteiger partial charge in [0.05, 0.1) is 20.3 Å². The smallest absolute Gasteiger partial charge is 0.261 e. The average Bonchev–Trinajstić information content (AvgIpc) is 2.80. The summed E-state index contributed by atoms with van der Waals surface area (Å²) in [4.78, 5) is 13.0. The van der Waals surface area contributed by atoms with Gasteiger partial charge in [0.25, 0.3) is 5.91 Å². The summed E-state index contributed by atoms with van der Waals surface area (Å²) in [6.07, 6.45) is 5.53. The number of methoxy groups -OCH3 is 2. The minimum Gasteiger partial charge on any atom is -0.493 e. The molecule has 1 aliphatic rings.